The molecule has 0 bridgehead atoms. The number of nitrogens with one attached hydrogen (secondary N) is 1. The third-order valence-corrected chi connectivity index (χ3v) is 4.20. The lowest BCUT2D eigenvalue weighted by Crippen LogP contribution is -2.28. The van der Waals surface area contributed by atoms with Crippen molar-refractivity contribution in [1.82, 2.24) is 14.9 Å². The number of non-ortho nitro benzene ring substituents is 1. The maximum absolute atomic E-state index is 12.3. The van der Waals surface area contributed by atoms with Crippen LogP contribution in [-0.2, 0) is 17.8 Å². The molecular weight excluding hydrogens is 348 g/mol. The summed E-state index contributed by atoms with van der Waals surface area (Å²) in [6.45, 7) is 2.13. The summed E-state index contributed by atoms with van der Waals surface area (Å²) in [5.41, 5.74) is 1.47. The first kappa shape index (κ1) is 18.7. The number of nitro groups is 1. The van der Waals surface area contributed by atoms with Crippen LogP contribution >= 0.6 is 0 Å². The molecule has 2 aromatic carbocycles. The molecular formula is C19H20N4O4. The van der Waals surface area contributed by atoms with Crippen LogP contribution in [-0.4, -0.2) is 40.1 Å². The molecule has 0 aliphatic heterocycles. The van der Waals surface area contributed by atoms with Crippen LogP contribution < -0.4 is 5.56 Å². The van der Waals surface area contributed by atoms with Crippen molar-refractivity contribution in [3.8, 4) is 0 Å². The van der Waals surface area contributed by atoms with Crippen molar-refractivity contribution in [2.45, 2.75) is 13.1 Å². The molecule has 1 N–H and O–H groups in total. The van der Waals surface area contributed by atoms with E-state index in [9.17, 15) is 14.9 Å². The van der Waals surface area contributed by atoms with E-state index in [2.05, 4.69) is 14.9 Å². The topological polar surface area (TPSA) is 101 Å². The normalized spacial score (nSPS) is 11.2. The molecule has 0 saturated heterocycles. The molecule has 0 spiro atoms. The number of aromatic nitrogens is 2. The quantitative estimate of drug-likeness (QED) is 0.484. The highest BCUT2D eigenvalue weighted by Gasteiger charge is 2.12. The highest BCUT2D eigenvalue weighted by Crippen LogP contribution is 2.15. The molecule has 0 aliphatic rings. The second-order valence-electron chi connectivity index (χ2n) is 6.16. The van der Waals surface area contributed by atoms with Crippen molar-refractivity contribution >= 4 is 16.6 Å². The Balaban J connectivity index is 1.80. The first-order valence-corrected chi connectivity index (χ1v) is 8.49. The van der Waals surface area contributed by atoms with Crippen LogP contribution in [0.5, 0.6) is 0 Å². The minimum atomic E-state index is -0.420. The molecule has 0 radical (unpaired) electrons. The first-order chi connectivity index (χ1) is 13.1. The van der Waals surface area contributed by atoms with Crippen molar-refractivity contribution in [3.63, 3.8) is 0 Å². The fourth-order valence-electron chi connectivity index (χ4n) is 2.84. The summed E-state index contributed by atoms with van der Waals surface area (Å²) in [4.78, 5) is 32.1. The Hall–Kier alpha value is -3.10. The summed E-state index contributed by atoms with van der Waals surface area (Å²) in [6, 6.07) is 13.6. The van der Waals surface area contributed by atoms with Gasteiger partial charge >= 0.3 is 0 Å². The molecule has 3 aromatic rings. The largest absolute Gasteiger partial charge is 0.383 e. The molecule has 27 heavy (non-hydrogen) atoms. The molecule has 0 saturated carbocycles. The zero-order chi connectivity index (χ0) is 19.2. The van der Waals surface area contributed by atoms with E-state index in [0.717, 1.165) is 5.56 Å². The van der Waals surface area contributed by atoms with E-state index in [1.165, 1.54) is 12.1 Å². The van der Waals surface area contributed by atoms with Crippen molar-refractivity contribution in [3.05, 3.63) is 80.4 Å². The van der Waals surface area contributed by atoms with Crippen LogP contribution in [0.25, 0.3) is 10.9 Å². The first-order valence-electron chi connectivity index (χ1n) is 8.49. The lowest BCUT2D eigenvalue weighted by molar-refractivity contribution is -0.384. The Kier molecular flexibility index (Phi) is 5.90. The summed E-state index contributed by atoms with van der Waals surface area (Å²) >= 11 is 0. The fourth-order valence-corrected chi connectivity index (χ4v) is 2.84. The van der Waals surface area contributed by atoms with E-state index >= 15 is 0 Å². The van der Waals surface area contributed by atoms with E-state index in [1.54, 1.807) is 31.4 Å². The third-order valence-electron chi connectivity index (χ3n) is 4.20. The van der Waals surface area contributed by atoms with Crippen LogP contribution in [0.3, 0.4) is 0 Å². The zero-order valence-electron chi connectivity index (χ0n) is 14.9. The highest BCUT2D eigenvalue weighted by atomic mass is 16.6. The summed E-state index contributed by atoms with van der Waals surface area (Å²) in [5, 5.41) is 11.3. The zero-order valence-corrected chi connectivity index (χ0v) is 14.9. The number of methoxy groups -OCH3 is 1. The predicted molar refractivity (Wildman–Crippen MR) is 101 cm³/mol. The number of nitrogens with zero attached hydrogens (tertiary/aromatic N) is 3. The van der Waals surface area contributed by atoms with Gasteiger partial charge in [-0.05, 0) is 17.7 Å². The number of benzene rings is 2. The average Bonchev–Trinajstić information content (AvgIpc) is 2.66. The number of nitro benzene ring substituents is 1. The number of rotatable bonds is 8. The van der Waals surface area contributed by atoms with Crippen LogP contribution in [0.4, 0.5) is 5.69 Å². The van der Waals surface area contributed by atoms with Crippen LogP contribution in [0.2, 0.25) is 0 Å². The number of H-pyrrole nitrogens is 1. The number of aromatic amines is 1. The summed E-state index contributed by atoms with van der Waals surface area (Å²) in [5.74, 6) is 0.566. The standard InChI is InChI=1S/C19H20N4O4/c1-27-11-10-22(12-14-6-8-15(9-7-14)23(25)26)13-18-20-17-5-3-2-4-16(17)19(24)21-18/h2-9H,10-13H2,1H3,(H,20,21,24). The number of hydrogen-bond acceptors (Lipinski definition) is 6. The summed E-state index contributed by atoms with van der Waals surface area (Å²) in [7, 11) is 1.63. The minimum Gasteiger partial charge on any atom is -0.383 e. The predicted octanol–water partition coefficient (Wildman–Crippen LogP) is 2.48. The van der Waals surface area contributed by atoms with Gasteiger partial charge in [-0.3, -0.25) is 19.8 Å². The molecule has 1 heterocycles. The molecule has 1 aromatic heterocycles. The SMILES string of the molecule is COCCN(Cc1ccc([N+](=O)[O-])cc1)Cc1nc2ccccc2c(=O)[nH]1. The van der Waals surface area contributed by atoms with Crippen LogP contribution in [0.1, 0.15) is 11.4 Å². The van der Waals surface area contributed by atoms with Gasteiger partial charge in [0.15, 0.2) is 0 Å². The Bertz CT molecular complexity index is 985. The van der Waals surface area contributed by atoms with Gasteiger partial charge in [0, 0.05) is 32.3 Å². The Morgan fingerprint density at radius 2 is 1.89 bits per heavy atom. The second kappa shape index (κ2) is 8.52. The summed E-state index contributed by atoms with van der Waals surface area (Å²) in [6.07, 6.45) is 0. The molecule has 140 valence electrons. The molecule has 8 heteroatoms. The molecule has 0 aliphatic carbocycles. The molecule has 3 rings (SSSR count). The van der Waals surface area contributed by atoms with Gasteiger partial charge in [0.05, 0.1) is 29.0 Å². The van der Waals surface area contributed by atoms with Crippen molar-refractivity contribution in [2.24, 2.45) is 0 Å². The Morgan fingerprint density at radius 1 is 1.15 bits per heavy atom. The monoisotopic (exact) mass is 368 g/mol. The molecule has 0 amide bonds. The number of hydrogen-bond donors (Lipinski definition) is 1. The maximum Gasteiger partial charge on any atom is 0.269 e. The van der Waals surface area contributed by atoms with Crippen LogP contribution in [0.15, 0.2) is 53.3 Å². The summed E-state index contributed by atoms with van der Waals surface area (Å²) < 4.78 is 5.17. The van der Waals surface area contributed by atoms with Crippen molar-refractivity contribution in [2.75, 3.05) is 20.3 Å². The second-order valence-corrected chi connectivity index (χ2v) is 6.16. The number of ether oxygens (including phenoxy) is 1. The Labute approximate surface area is 155 Å². The van der Waals surface area contributed by atoms with E-state index in [1.807, 2.05) is 12.1 Å². The lowest BCUT2D eigenvalue weighted by Gasteiger charge is -2.21. The molecule has 0 unspecified atom stereocenters. The van der Waals surface area contributed by atoms with Crippen molar-refractivity contribution < 1.29 is 9.66 Å². The van der Waals surface area contributed by atoms with Crippen LogP contribution in [0, 0.1) is 10.1 Å². The van der Waals surface area contributed by atoms with E-state index in [-0.39, 0.29) is 11.2 Å². The van der Waals surface area contributed by atoms with E-state index in [0.29, 0.717) is 43.0 Å². The maximum atomic E-state index is 12.3. The highest BCUT2D eigenvalue weighted by molar-refractivity contribution is 5.77. The van der Waals surface area contributed by atoms with E-state index < -0.39 is 4.92 Å². The van der Waals surface area contributed by atoms with Gasteiger partial charge < -0.3 is 9.72 Å². The average molecular weight is 368 g/mol. The molecule has 0 atom stereocenters. The minimum absolute atomic E-state index is 0.0581. The fraction of sp³-hybridized carbons (Fsp3) is 0.263. The van der Waals surface area contributed by atoms with Gasteiger partial charge in [0.2, 0.25) is 0 Å². The Morgan fingerprint density at radius 3 is 2.59 bits per heavy atom. The van der Waals surface area contributed by atoms with Gasteiger partial charge in [-0.25, -0.2) is 4.98 Å². The number of fused-ring (bicyclic) bond motifs is 1. The van der Waals surface area contributed by atoms with Gasteiger partial charge in [-0.1, -0.05) is 24.3 Å². The third kappa shape index (κ3) is 4.75. The van der Waals surface area contributed by atoms with Gasteiger partial charge in [0.1, 0.15) is 5.82 Å². The van der Waals surface area contributed by atoms with Crippen molar-refractivity contribution in [1.29, 1.82) is 0 Å². The van der Waals surface area contributed by atoms with Gasteiger partial charge in [0.25, 0.3) is 11.2 Å². The van der Waals surface area contributed by atoms with E-state index in [4.69, 9.17) is 4.74 Å². The van der Waals surface area contributed by atoms with Gasteiger partial charge in [-0.15, -0.1) is 0 Å². The molecule has 8 nitrogen and oxygen atoms in total. The molecule has 0 fully saturated rings. The number of para-hydroxylation sites is 1. The smallest absolute Gasteiger partial charge is 0.269 e. The lowest BCUT2D eigenvalue weighted by atomic mass is 10.2. The van der Waals surface area contributed by atoms with Gasteiger partial charge in [-0.2, -0.15) is 0 Å².